The molecule has 2 saturated heterocycles. The molecule has 0 bridgehead atoms. The molecule has 3 aliphatic rings. The molecule has 0 radical (unpaired) electrons. The van der Waals surface area contributed by atoms with Gasteiger partial charge in [-0.3, -0.25) is 4.79 Å². The summed E-state index contributed by atoms with van der Waals surface area (Å²) >= 11 is 0. The molecule has 2 aliphatic heterocycles. The van der Waals surface area contributed by atoms with Crippen LogP contribution < -0.4 is 4.74 Å². The summed E-state index contributed by atoms with van der Waals surface area (Å²) in [7, 11) is 0. The van der Waals surface area contributed by atoms with Crippen LogP contribution >= 0.6 is 0 Å². The highest BCUT2D eigenvalue weighted by molar-refractivity contribution is 5.78. The van der Waals surface area contributed by atoms with E-state index in [1.165, 1.54) is 12.8 Å². The lowest BCUT2D eigenvalue weighted by atomic mass is 9.74. The smallest absolute Gasteiger partial charge is 0.260 e. The first-order valence-corrected chi connectivity index (χ1v) is 11.6. The number of hydrogen-bond donors (Lipinski definition) is 0. The zero-order chi connectivity index (χ0) is 21.1. The van der Waals surface area contributed by atoms with Crippen molar-refractivity contribution in [2.24, 2.45) is 5.92 Å². The summed E-state index contributed by atoms with van der Waals surface area (Å²) in [5.41, 5.74) is -0.214. The molecular formula is C24H31N3O4. The van der Waals surface area contributed by atoms with Crippen LogP contribution in [0.1, 0.15) is 62.6 Å². The monoisotopic (exact) mass is 425 g/mol. The molecule has 0 N–H and O–H groups in total. The maximum atomic E-state index is 13.0. The number of hydrogen-bond acceptors (Lipinski definition) is 6. The number of amides is 1. The number of aromatic nitrogens is 2. The number of likely N-dealkylation sites (tertiary alicyclic amines) is 1. The van der Waals surface area contributed by atoms with Gasteiger partial charge in [-0.25, -0.2) is 0 Å². The van der Waals surface area contributed by atoms with Crippen LogP contribution in [0, 0.1) is 5.92 Å². The van der Waals surface area contributed by atoms with Gasteiger partial charge in [0, 0.05) is 32.2 Å². The van der Waals surface area contributed by atoms with Crippen molar-refractivity contribution in [3.05, 3.63) is 42.0 Å². The van der Waals surface area contributed by atoms with Crippen molar-refractivity contribution in [3.8, 4) is 5.75 Å². The molecule has 1 aromatic carbocycles. The van der Waals surface area contributed by atoms with Gasteiger partial charge in [0.1, 0.15) is 5.75 Å². The largest absolute Gasteiger partial charge is 0.484 e. The Morgan fingerprint density at radius 2 is 1.97 bits per heavy atom. The summed E-state index contributed by atoms with van der Waals surface area (Å²) in [6.07, 6.45) is 7.36. The number of nitrogens with zero attached hydrogens (tertiary/aromatic N) is 3. The van der Waals surface area contributed by atoms with Gasteiger partial charge in [-0.2, -0.15) is 4.98 Å². The Bertz CT molecular complexity index is 876. The highest BCUT2D eigenvalue weighted by Crippen LogP contribution is 2.46. The molecule has 166 valence electrons. The number of piperidine rings is 1. The minimum atomic E-state index is -0.214. The highest BCUT2D eigenvalue weighted by atomic mass is 16.5. The zero-order valence-electron chi connectivity index (χ0n) is 18.0. The number of para-hydroxylation sites is 1. The van der Waals surface area contributed by atoms with Crippen LogP contribution in [0.5, 0.6) is 5.75 Å². The molecule has 1 aliphatic carbocycles. The van der Waals surface area contributed by atoms with E-state index in [2.05, 4.69) is 5.16 Å². The lowest BCUT2D eigenvalue weighted by Crippen LogP contribution is -2.50. The summed E-state index contributed by atoms with van der Waals surface area (Å²) in [5, 5.41) is 4.46. The first kappa shape index (κ1) is 20.5. The Kier molecular flexibility index (Phi) is 5.94. The van der Waals surface area contributed by atoms with Crippen molar-refractivity contribution in [1.82, 2.24) is 15.0 Å². The summed E-state index contributed by atoms with van der Waals surface area (Å²) in [6, 6.07) is 9.50. The normalized spacial score (nSPS) is 24.8. The van der Waals surface area contributed by atoms with E-state index in [1.54, 1.807) is 0 Å². The van der Waals surface area contributed by atoms with E-state index in [1.807, 2.05) is 35.2 Å². The van der Waals surface area contributed by atoms with Crippen LogP contribution in [-0.4, -0.2) is 53.9 Å². The number of rotatable bonds is 7. The molecular weight excluding hydrogens is 394 g/mol. The molecule has 7 nitrogen and oxygen atoms in total. The maximum Gasteiger partial charge on any atom is 0.260 e. The van der Waals surface area contributed by atoms with Crippen LogP contribution in [-0.2, 0) is 14.9 Å². The standard InChI is InChI=1S/C24H31N3O4/c28-21(16-30-20-5-2-1-3-6-20)27-12-4-11-24(17-27,15-18-7-8-18)23-25-22(31-26-23)19-9-13-29-14-10-19/h1-3,5-6,18-19H,4,7-17H2. The number of ether oxygens (including phenoxy) is 2. The van der Waals surface area contributed by atoms with Crippen LogP contribution in [0.15, 0.2) is 34.9 Å². The number of benzene rings is 1. The zero-order valence-corrected chi connectivity index (χ0v) is 18.0. The summed E-state index contributed by atoms with van der Waals surface area (Å²) < 4.78 is 16.9. The van der Waals surface area contributed by atoms with Crippen LogP contribution in [0.4, 0.5) is 0 Å². The van der Waals surface area contributed by atoms with Gasteiger partial charge in [0.05, 0.1) is 5.41 Å². The van der Waals surface area contributed by atoms with E-state index in [4.69, 9.17) is 19.0 Å². The average Bonchev–Trinajstić information content (AvgIpc) is 3.48. The second-order valence-corrected chi connectivity index (χ2v) is 9.29. The second-order valence-electron chi connectivity index (χ2n) is 9.29. The van der Waals surface area contributed by atoms with Gasteiger partial charge in [-0.05, 0) is 50.2 Å². The maximum absolute atomic E-state index is 13.0. The van der Waals surface area contributed by atoms with Gasteiger partial charge in [-0.15, -0.1) is 0 Å². The quantitative estimate of drug-likeness (QED) is 0.673. The highest BCUT2D eigenvalue weighted by Gasteiger charge is 2.46. The van der Waals surface area contributed by atoms with Crippen molar-refractivity contribution in [1.29, 1.82) is 0 Å². The van der Waals surface area contributed by atoms with Crippen molar-refractivity contribution in [2.45, 2.75) is 56.3 Å². The van der Waals surface area contributed by atoms with Crippen molar-refractivity contribution >= 4 is 5.91 Å². The van der Waals surface area contributed by atoms with E-state index in [0.717, 1.165) is 69.3 Å². The third kappa shape index (κ3) is 4.76. The second kappa shape index (κ2) is 8.99. The van der Waals surface area contributed by atoms with Gasteiger partial charge in [0.2, 0.25) is 5.89 Å². The molecule has 1 unspecified atom stereocenters. The van der Waals surface area contributed by atoms with Crippen molar-refractivity contribution in [3.63, 3.8) is 0 Å². The Hall–Kier alpha value is -2.41. The average molecular weight is 426 g/mol. The minimum absolute atomic E-state index is 0.0249. The molecule has 1 atom stereocenters. The topological polar surface area (TPSA) is 77.7 Å². The van der Waals surface area contributed by atoms with Crippen LogP contribution in [0.3, 0.4) is 0 Å². The third-order valence-electron chi connectivity index (χ3n) is 6.90. The van der Waals surface area contributed by atoms with E-state index in [9.17, 15) is 4.79 Å². The molecule has 1 saturated carbocycles. The summed E-state index contributed by atoms with van der Waals surface area (Å²) in [5.74, 6) is 3.27. The number of carbonyl (C=O) groups is 1. The van der Waals surface area contributed by atoms with Gasteiger partial charge in [-0.1, -0.05) is 36.2 Å². The van der Waals surface area contributed by atoms with Crippen LogP contribution in [0.25, 0.3) is 0 Å². The predicted octanol–water partition coefficient (Wildman–Crippen LogP) is 3.70. The Balaban J connectivity index is 1.30. The third-order valence-corrected chi connectivity index (χ3v) is 6.90. The minimum Gasteiger partial charge on any atom is -0.484 e. The molecule has 2 aromatic rings. The fourth-order valence-corrected chi connectivity index (χ4v) is 4.97. The summed E-state index contributed by atoms with van der Waals surface area (Å²) in [4.78, 5) is 19.8. The SMILES string of the molecule is O=C(COc1ccccc1)N1CCCC(CC2CC2)(c2noc(C3CCOCC3)n2)C1. The lowest BCUT2D eigenvalue weighted by Gasteiger charge is -2.41. The number of carbonyl (C=O) groups excluding carboxylic acids is 1. The first-order valence-electron chi connectivity index (χ1n) is 11.6. The van der Waals surface area contributed by atoms with Gasteiger partial charge in [0.15, 0.2) is 12.4 Å². The summed E-state index contributed by atoms with van der Waals surface area (Å²) in [6.45, 7) is 2.96. The van der Waals surface area contributed by atoms with E-state index >= 15 is 0 Å². The fourth-order valence-electron chi connectivity index (χ4n) is 4.97. The Morgan fingerprint density at radius 1 is 1.16 bits per heavy atom. The molecule has 3 fully saturated rings. The van der Waals surface area contributed by atoms with Gasteiger partial charge < -0.3 is 18.9 Å². The first-order chi connectivity index (χ1) is 15.2. The van der Waals surface area contributed by atoms with E-state index < -0.39 is 0 Å². The molecule has 3 heterocycles. The Morgan fingerprint density at radius 3 is 2.74 bits per heavy atom. The molecule has 5 rings (SSSR count). The molecule has 7 heteroatoms. The van der Waals surface area contributed by atoms with E-state index in [-0.39, 0.29) is 23.8 Å². The van der Waals surface area contributed by atoms with Crippen LogP contribution in [0.2, 0.25) is 0 Å². The Labute approximate surface area is 183 Å². The van der Waals surface area contributed by atoms with Gasteiger partial charge in [0.25, 0.3) is 5.91 Å². The predicted molar refractivity (Wildman–Crippen MR) is 114 cm³/mol. The van der Waals surface area contributed by atoms with E-state index in [0.29, 0.717) is 12.5 Å². The molecule has 31 heavy (non-hydrogen) atoms. The lowest BCUT2D eigenvalue weighted by molar-refractivity contribution is -0.135. The molecule has 0 spiro atoms. The molecule has 1 amide bonds. The van der Waals surface area contributed by atoms with Crippen molar-refractivity contribution in [2.75, 3.05) is 32.9 Å². The molecule has 1 aromatic heterocycles. The fraction of sp³-hybridized carbons (Fsp3) is 0.625. The van der Waals surface area contributed by atoms with Gasteiger partial charge >= 0.3 is 0 Å². The van der Waals surface area contributed by atoms with Crippen molar-refractivity contribution < 1.29 is 18.8 Å².